The molecule has 0 radical (unpaired) electrons. The van der Waals surface area contributed by atoms with Gasteiger partial charge in [-0.1, -0.05) is 5.16 Å². The van der Waals surface area contributed by atoms with Crippen LogP contribution in [0.1, 0.15) is 19.7 Å². The van der Waals surface area contributed by atoms with Gasteiger partial charge in [0.05, 0.1) is 11.7 Å². The van der Waals surface area contributed by atoms with E-state index >= 15 is 0 Å². The van der Waals surface area contributed by atoms with E-state index in [-0.39, 0.29) is 12.4 Å². The number of nitrogens with two attached hydrogens (primary N) is 1. The molecule has 0 saturated carbocycles. The van der Waals surface area contributed by atoms with Crippen molar-refractivity contribution in [3.05, 3.63) is 24.5 Å². The van der Waals surface area contributed by atoms with E-state index in [1.165, 1.54) is 0 Å². The molecule has 0 aliphatic carbocycles. The van der Waals surface area contributed by atoms with Crippen LogP contribution in [0.5, 0.6) is 0 Å². The zero-order valence-corrected chi connectivity index (χ0v) is 9.73. The second kappa shape index (κ2) is 4.54. The number of halogens is 1. The third-order valence-corrected chi connectivity index (χ3v) is 1.77. The third kappa shape index (κ3) is 2.53. The summed E-state index contributed by atoms with van der Waals surface area (Å²) in [4.78, 5) is 12.1. The molecule has 16 heavy (non-hydrogen) atoms. The lowest BCUT2D eigenvalue weighted by molar-refractivity contribution is 0.312. The Morgan fingerprint density at radius 2 is 2.06 bits per heavy atom. The van der Waals surface area contributed by atoms with Crippen LogP contribution in [0.2, 0.25) is 0 Å². The van der Waals surface area contributed by atoms with E-state index in [0.717, 1.165) is 0 Å². The maximum Gasteiger partial charge on any atom is 0.246 e. The summed E-state index contributed by atoms with van der Waals surface area (Å²) in [5.74, 6) is 0.778. The zero-order chi connectivity index (χ0) is 10.9. The van der Waals surface area contributed by atoms with E-state index in [4.69, 9.17) is 10.3 Å². The quantitative estimate of drug-likeness (QED) is 0.848. The highest BCUT2D eigenvalue weighted by molar-refractivity contribution is 5.85. The highest BCUT2D eigenvalue weighted by Gasteiger charge is 2.22. The van der Waals surface area contributed by atoms with Gasteiger partial charge in [0.15, 0.2) is 0 Å². The molecule has 0 spiro atoms. The van der Waals surface area contributed by atoms with Crippen molar-refractivity contribution in [1.82, 2.24) is 20.1 Å². The predicted octanol–water partition coefficient (Wildman–Crippen LogP) is 1.14. The van der Waals surface area contributed by atoms with E-state index < -0.39 is 5.54 Å². The molecule has 0 amide bonds. The van der Waals surface area contributed by atoms with Crippen molar-refractivity contribution < 1.29 is 4.52 Å². The molecule has 0 aromatic carbocycles. The molecule has 2 aromatic heterocycles. The summed E-state index contributed by atoms with van der Waals surface area (Å²) < 4.78 is 5.03. The van der Waals surface area contributed by atoms with Crippen LogP contribution in [-0.2, 0) is 5.54 Å². The number of aromatic nitrogens is 4. The first-order valence-electron chi connectivity index (χ1n) is 4.47. The molecule has 0 aliphatic heterocycles. The van der Waals surface area contributed by atoms with Crippen molar-refractivity contribution in [2.24, 2.45) is 5.73 Å². The van der Waals surface area contributed by atoms with Gasteiger partial charge in [-0.15, -0.1) is 12.4 Å². The van der Waals surface area contributed by atoms with E-state index in [1.807, 2.05) is 0 Å². The van der Waals surface area contributed by atoms with Crippen molar-refractivity contribution in [3.63, 3.8) is 0 Å². The van der Waals surface area contributed by atoms with Crippen LogP contribution in [0.15, 0.2) is 23.1 Å². The van der Waals surface area contributed by atoms with Crippen LogP contribution in [0.25, 0.3) is 11.5 Å². The first kappa shape index (κ1) is 12.5. The predicted molar refractivity (Wildman–Crippen MR) is 59.8 cm³/mol. The van der Waals surface area contributed by atoms with Crippen molar-refractivity contribution in [1.29, 1.82) is 0 Å². The van der Waals surface area contributed by atoms with E-state index in [0.29, 0.717) is 17.4 Å². The van der Waals surface area contributed by atoms with Gasteiger partial charge in [0, 0.05) is 12.4 Å². The van der Waals surface area contributed by atoms with Gasteiger partial charge in [-0.05, 0) is 13.8 Å². The molecular weight excluding hydrogens is 230 g/mol. The molecule has 0 bridgehead atoms. The van der Waals surface area contributed by atoms with Crippen LogP contribution in [0.4, 0.5) is 0 Å². The molecule has 7 heteroatoms. The third-order valence-electron chi connectivity index (χ3n) is 1.77. The molecule has 0 saturated heterocycles. The average Bonchev–Trinajstić information content (AvgIpc) is 2.67. The number of hydrogen-bond acceptors (Lipinski definition) is 6. The maximum atomic E-state index is 5.82. The molecule has 6 nitrogen and oxygen atoms in total. The smallest absolute Gasteiger partial charge is 0.246 e. The molecule has 86 valence electrons. The van der Waals surface area contributed by atoms with Crippen LogP contribution in [-0.4, -0.2) is 20.1 Å². The first-order valence-corrected chi connectivity index (χ1v) is 4.47. The summed E-state index contributed by atoms with van der Waals surface area (Å²) in [7, 11) is 0. The molecule has 2 heterocycles. The second-order valence-electron chi connectivity index (χ2n) is 3.74. The Morgan fingerprint density at radius 3 is 2.56 bits per heavy atom. The summed E-state index contributed by atoms with van der Waals surface area (Å²) in [6.07, 6.45) is 4.72. The second-order valence-corrected chi connectivity index (χ2v) is 3.74. The van der Waals surface area contributed by atoms with E-state index in [1.54, 1.807) is 32.4 Å². The SMILES string of the molecule is CC(C)(N)c1nc(-c2cnccn2)no1.Cl. The lowest BCUT2D eigenvalue weighted by atomic mass is 10.1. The fourth-order valence-electron chi connectivity index (χ4n) is 1.00. The van der Waals surface area contributed by atoms with Crippen molar-refractivity contribution in [2.45, 2.75) is 19.4 Å². The lowest BCUT2D eigenvalue weighted by Crippen LogP contribution is -2.28. The maximum absolute atomic E-state index is 5.82. The highest BCUT2D eigenvalue weighted by Crippen LogP contribution is 2.18. The first-order chi connectivity index (χ1) is 7.07. The van der Waals surface area contributed by atoms with Gasteiger partial charge in [0.2, 0.25) is 11.7 Å². The summed E-state index contributed by atoms with van der Waals surface area (Å²) in [6, 6.07) is 0. The van der Waals surface area contributed by atoms with Crippen LogP contribution < -0.4 is 5.73 Å². The van der Waals surface area contributed by atoms with Crippen LogP contribution >= 0.6 is 12.4 Å². The number of nitrogens with zero attached hydrogens (tertiary/aromatic N) is 4. The molecular formula is C9H12ClN5O. The normalized spacial score (nSPS) is 10.9. The zero-order valence-electron chi connectivity index (χ0n) is 8.91. The van der Waals surface area contributed by atoms with Gasteiger partial charge in [-0.25, -0.2) is 4.98 Å². The Labute approximate surface area is 98.7 Å². The molecule has 0 unspecified atom stereocenters. The number of hydrogen-bond donors (Lipinski definition) is 1. The fourth-order valence-corrected chi connectivity index (χ4v) is 1.00. The van der Waals surface area contributed by atoms with Gasteiger partial charge in [0.25, 0.3) is 0 Å². The summed E-state index contributed by atoms with van der Waals surface area (Å²) in [5.41, 5.74) is 5.74. The molecule has 0 fully saturated rings. The van der Waals surface area contributed by atoms with Crippen LogP contribution in [0, 0.1) is 0 Å². The highest BCUT2D eigenvalue weighted by atomic mass is 35.5. The number of rotatable bonds is 2. The Morgan fingerprint density at radius 1 is 1.31 bits per heavy atom. The Balaban J connectivity index is 0.00000128. The lowest BCUT2D eigenvalue weighted by Gasteiger charge is -2.10. The molecule has 0 atom stereocenters. The van der Waals surface area contributed by atoms with E-state index in [9.17, 15) is 0 Å². The van der Waals surface area contributed by atoms with Gasteiger partial charge in [0.1, 0.15) is 5.69 Å². The molecule has 0 aliphatic rings. The minimum atomic E-state index is -0.645. The molecule has 2 rings (SSSR count). The largest absolute Gasteiger partial charge is 0.337 e. The van der Waals surface area contributed by atoms with Gasteiger partial charge < -0.3 is 10.3 Å². The van der Waals surface area contributed by atoms with Gasteiger partial charge in [-0.2, -0.15) is 4.98 Å². The summed E-state index contributed by atoms with van der Waals surface area (Å²) in [6.45, 7) is 3.59. The minimum Gasteiger partial charge on any atom is -0.337 e. The Bertz CT molecular complexity index is 450. The average molecular weight is 242 g/mol. The molecule has 2 N–H and O–H groups in total. The minimum absolute atomic E-state index is 0. The monoisotopic (exact) mass is 241 g/mol. The topological polar surface area (TPSA) is 90.7 Å². The van der Waals surface area contributed by atoms with Gasteiger partial charge >= 0.3 is 0 Å². The van der Waals surface area contributed by atoms with Crippen molar-refractivity contribution in [2.75, 3.05) is 0 Å². The summed E-state index contributed by atoms with van der Waals surface area (Å²) >= 11 is 0. The standard InChI is InChI=1S/C9H11N5O.ClH/c1-9(2,10)8-13-7(14-15-8)6-5-11-3-4-12-6;/h3-5H,10H2,1-2H3;1H. The van der Waals surface area contributed by atoms with Gasteiger partial charge in [-0.3, -0.25) is 4.98 Å². The van der Waals surface area contributed by atoms with Crippen molar-refractivity contribution >= 4 is 12.4 Å². The Hall–Kier alpha value is -1.53. The molecule has 2 aromatic rings. The van der Waals surface area contributed by atoms with Crippen molar-refractivity contribution in [3.8, 4) is 11.5 Å². The Kier molecular flexibility index (Phi) is 3.56. The van der Waals surface area contributed by atoms with E-state index in [2.05, 4.69) is 20.1 Å². The summed E-state index contributed by atoms with van der Waals surface area (Å²) in [5, 5.41) is 3.78. The fraction of sp³-hybridized carbons (Fsp3) is 0.333. The van der Waals surface area contributed by atoms with Crippen LogP contribution in [0.3, 0.4) is 0 Å².